The molecule has 0 radical (unpaired) electrons. The molecule has 5 heteroatoms. The number of thioether (sulfide) groups is 1. The molecule has 0 aliphatic carbocycles. The van der Waals surface area contributed by atoms with Crippen molar-refractivity contribution in [2.24, 2.45) is 0 Å². The Morgan fingerprint density at radius 2 is 2.24 bits per heavy atom. The Bertz CT molecular complexity index is 442. The quantitative estimate of drug-likeness (QED) is 0.797. The van der Waals surface area contributed by atoms with Crippen LogP contribution in [0.3, 0.4) is 0 Å². The van der Waals surface area contributed by atoms with Crippen LogP contribution < -0.4 is 5.32 Å². The summed E-state index contributed by atoms with van der Waals surface area (Å²) in [4.78, 5) is 3.97. The molecule has 2 rings (SSSR count). The summed E-state index contributed by atoms with van der Waals surface area (Å²) in [6, 6.07) is 8.13. The fourth-order valence-corrected chi connectivity index (χ4v) is 2.03. The topological polar surface area (TPSA) is 42.7 Å². The summed E-state index contributed by atoms with van der Waals surface area (Å²) in [7, 11) is 0. The van der Waals surface area contributed by atoms with E-state index >= 15 is 0 Å². The van der Waals surface area contributed by atoms with Crippen molar-refractivity contribution in [3.05, 3.63) is 36.9 Å². The predicted octanol–water partition coefficient (Wildman–Crippen LogP) is 2.43. The molecule has 0 fully saturated rings. The monoisotopic (exact) mass is 248 g/mol. The van der Waals surface area contributed by atoms with Gasteiger partial charge in [-0.15, -0.1) is 0 Å². The van der Waals surface area contributed by atoms with Crippen molar-refractivity contribution in [1.29, 1.82) is 0 Å². The molecule has 1 aromatic heterocycles. The lowest BCUT2D eigenvalue weighted by Crippen LogP contribution is -2.06. The van der Waals surface area contributed by atoms with Crippen LogP contribution in [0.25, 0.3) is 5.69 Å². The molecular weight excluding hydrogens is 232 g/mol. The van der Waals surface area contributed by atoms with E-state index in [1.165, 1.54) is 5.75 Å². The summed E-state index contributed by atoms with van der Waals surface area (Å²) in [6.45, 7) is 0.979. The summed E-state index contributed by atoms with van der Waals surface area (Å²) < 4.78 is 1.77. The van der Waals surface area contributed by atoms with Crippen LogP contribution in [0.15, 0.2) is 36.9 Å². The van der Waals surface area contributed by atoms with Gasteiger partial charge < -0.3 is 5.32 Å². The van der Waals surface area contributed by atoms with Gasteiger partial charge >= 0.3 is 0 Å². The molecule has 1 aromatic carbocycles. The van der Waals surface area contributed by atoms with Gasteiger partial charge in [0, 0.05) is 6.54 Å². The van der Waals surface area contributed by atoms with Crippen LogP contribution in [0.2, 0.25) is 0 Å². The normalized spacial score (nSPS) is 10.4. The molecule has 0 unspecified atom stereocenters. The Balaban J connectivity index is 2.06. The largest absolute Gasteiger partial charge is 0.383 e. The first-order valence-electron chi connectivity index (χ1n) is 5.58. The second-order valence-corrected chi connectivity index (χ2v) is 4.62. The second-order valence-electron chi connectivity index (χ2n) is 3.63. The number of para-hydroxylation sites is 2. The minimum absolute atomic E-state index is 0.979. The van der Waals surface area contributed by atoms with Gasteiger partial charge in [-0.2, -0.15) is 16.9 Å². The van der Waals surface area contributed by atoms with E-state index in [4.69, 9.17) is 0 Å². The summed E-state index contributed by atoms with van der Waals surface area (Å²) >= 11 is 1.87. The highest BCUT2D eigenvalue weighted by Crippen LogP contribution is 2.18. The Hall–Kier alpha value is -1.49. The average molecular weight is 248 g/mol. The molecule has 0 saturated carbocycles. The molecule has 17 heavy (non-hydrogen) atoms. The summed E-state index contributed by atoms with van der Waals surface area (Å²) in [5, 5.41) is 7.59. The highest BCUT2D eigenvalue weighted by molar-refractivity contribution is 7.98. The molecule has 0 atom stereocenters. The second kappa shape index (κ2) is 6.30. The van der Waals surface area contributed by atoms with Crippen molar-refractivity contribution in [3.8, 4) is 5.69 Å². The van der Waals surface area contributed by atoms with Gasteiger partial charge in [-0.1, -0.05) is 12.1 Å². The van der Waals surface area contributed by atoms with Crippen molar-refractivity contribution in [2.45, 2.75) is 6.42 Å². The zero-order chi connectivity index (χ0) is 11.9. The van der Waals surface area contributed by atoms with E-state index in [0.717, 1.165) is 24.3 Å². The van der Waals surface area contributed by atoms with Crippen LogP contribution >= 0.6 is 11.8 Å². The fourth-order valence-electron chi connectivity index (χ4n) is 1.60. The fraction of sp³-hybridized carbons (Fsp3) is 0.333. The lowest BCUT2D eigenvalue weighted by atomic mass is 10.2. The summed E-state index contributed by atoms with van der Waals surface area (Å²) in [6.07, 6.45) is 6.54. The number of anilines is 1. The van der Waals surface area contributed by atoms with E-state index in [0.29, 0.717) is 0 Å². The van der Waals surface area contributed by atoms with E-state index in [1.54, 1.807) is 17.3 Å². The standard InChI is InChI=1S/C12H16N4S/c1-17-8-4-7-14-11-5-2-3-6-12(11)16-10-13-9-15-16/h2-3,5-6,9-10,14H,4,7-8H2,1H3. The molecule has 0 aliphatic heterocycles. The smallest absolute Gasteiger partial charge is 0.138 e. The maximum atomic E-state index is 4.15. The third kappa shape index (κ3) is 3.23. The Labute approximate surface area is 105 Å². The van der Waals surface area contributed by atoms with E-state index in [2.05, 4.69) is 27.7 Å². The van der Waals surface area contributed by atoms with Crippen molar-refractivity contribution >= 4 is 17.4 Å². The van der Waals surface area contributed by atoms with Gasteiger partial charge in [-0.05, 0) is 30.6 Å². The molecule has 1 N–H and O–H groups in total. The Morgan fingerprint density at radius 1 is 1.35 bits per heavy atom. The van der Waals surface area contributed by atoms with E-state index in [-0.39, 0.29) is 0 Å². The molecule has 4 nitrogen and oxygen atoms in total. The third-order valence-electron chi connectivity index (χ3n) is 2.41. The van der Waals surface area contributed by atoms with Crippen LogP contribution in [-0.2, 0) is 0 Å². The van der Waals surface area contributed by atoms with E-state index in [9.17, 15) is 0 Å². The lowest BCUT2D eigenvalue weighted by Gasteiger charge is -2.11. The van der Waals surface area contributed by atoms with Gasteiger partial charge in [0.2, 0.25) is 0 Å². The van der Waals surface area contributed by atoms with Gasteiger partial charge in [0.1, 0.15) is 12.7 Å². The average Bonchev–Trinajstić information content (AvgIpc) is 2.89. The van der Waals surface area contributed by atoms with E-state index < -0.39 is 0 Å². The number of rotatable bonds is 6. The molecule has 0 aliphatic rings. The number of hydrogen-bond acceptors (Lipinski definition) is 4. The number of benzene rings is 1. The van der Waals surface area contributed by atoms with Gasteiger partial charge in [-0.3, -0.25) is 0 Å². The van der Waals surface area contributed by atoms with Crippen LogP contribution in [0.4, 0.5) is 5.69 Å². The van der Waals surface area contributed by atoms with Gasteiger partial charge in [-0.25, -0.2) is 9.67 Å². The number of nitrogens with zero attached hydrogens (tertiary/aromatic N) is 3. The Kier molecular flexibility index (Phi) is 4.44. The molecule has 90 valence electrons. The van der Waals surface area contributed by atoms with Crippen LogP contribution in [0.1, 0.15) is 6.42 Å². The van der Waals surface area contributed by atoms with E-state index in [1.807, 2.05) is 30.0 Å². The first-order chi connectivity index (χ1) is 8.42. The number of hydrogen-bond donors (Lipinski definition) is 1. The van der Waals surface area contributed by atoms with Gasteiger partial charge in [0.05, 0.1) is 11.4 Å². The number of aromatic nitrogens is 3. The predicted molar refractivity (Wildman–Crippen MR) is 72.8 cm³/mol. The molecule has 1 heterocycles. The SMILES string of the molecule is CSCCCNc1ccccc1-n1cncn1. The first-order valence-corrected chi connectivity index (χ1v) is 6.98. The zero-order valence-electron chi connectivity index (χ0n) is 9.84. The minimum Gasteiger partial charge on any atom is -0.383 e. The molecule has 0 bridgehead atoms. The zero-order valence-corrected chi connectivity index (χ0v) is 10.7. The maximum absolute atomic E-state index is 4.15. The Morgan fingerprint density at radius 3 is 3.00 bits per heavy atom. The third-order valence-corrected chi connectivity index (χ3v) is 3.11. The molecule has 0 saturated heterocycles. The molecule has 0 amide bonds. The molecule has 2 aromatic rings. The van der Waals surface area contributed by atoms with Crippen LogP contribution in [0.5, 0.6) is 0 Å². The molecule has 0 spiro atoms. The number of nitrogens with one attached hydrogen (secondary N) is 1. The lowest BCUT2D eigenvalue weighted by molar-refractivity contribution is 0.875. The highest BCUT2D eigenvalue weighted by Gasteiger charge is 2.03. The van der Waals surface area contributed by atoms with Crippen LogP contribution in [-0.4, -0.2) is 33.3 Å². The van der Waals surface area contributed by atoms with Crippen molar-refractivity contribution in [1.82, 2.24) is 14.8 Å². The van der Waals surface area contributed by atoms with Crippen molar-refractivity contribution in [3.63, 3.8) is 0 Å². The molecular formula is C12H16N4S. The van der Waals surface area contributed by atoms with Crippen LogP contribution in [0, 0.1) is 0 Å². The minimum atomic E-state index is 0.979. The van der Waals surface area contributed by atoms with Crippen molar-refractivity contribution in [2.75, 3.05) is 23.9 Å². The first kappa shape index (κ1) is 12.0. The van der Waals surface area contributed by atoms with Gasteiger partial charge in [0.25, 0.3) is 0 Å². The van der Waals surface area contributed by atoms with Crippen molar-refractivity contribution < 1.29 is 0 Å². The summed E-state index contributed by atoms with van der Waals surface area (Å²) in [5.74, 6) is 1.18. The maximum Gasteiger partial charge on any atom is 0.138 e. The summed E-state index contributed by atoms with van der Waals surface area (Å²) in [5.41, 5.74) is 2.13. The highest BCUT2D eigenvalue weighted by atomic mass is 32.2. The van der Waals surface area contributed by atoms with Gasteiger partial charge in [0.15, 0.2) is 0 Å².